The molecule has 0 nitrogen and oxygen atoms in total. The molecule has 1 aliphatic carbocycles. The first-order chi connectivity index (χ1) is 6.09. The SMILES string of the molecule is CC1=C/C(=C/C=C(\C)Cl)C(C)C=C1. The van der Waals surface area contributed by atoms with Gasteiger partial charge >= 0.3 is 0 Å². The Hall–Kier alpha value is -0.750. The lowest BCUT2D eigenvalue weighted by molar-refractivity contribution is 0.877. The Labute approximate surface area is 85.3 Å². The molecule has 1 atom stereocenters. The molecule has 0 spiro atoms. The molecule has 0 aromatic heterocycles. The van der Waals surface area contributed by atoms with Crippen molar-refractivity contribution >= 4 is 11.6 Å². The molecule has 0 bridgehead atoms. The normalized spacial score (nSPS) is 26.5. The lowest BCUT2D eigenvalue weighted by Gasteiger charge is -2.13. The number of rotatable bonds is 1. The van der Waals surface area contributed by atoms with E-state index in [2.05, 4.69) is 38.2 Å². The van der Waals surface area contributed by atoms with Crippen molar-refractivity contribution in [2.75, 3.05) is 0 Å². The Kier molecular flexibility index (Phi) is 3.56. The van der Waals surface area contributed by atoms with Crippen LogP contribution in [0.25, 0.3) is 0 Å². The second-order valence-electron chi connectivity index (χ2n) is 3.46. The van der Waals surface area contributed by atoms with Crippen molar-refractivity contribution in [1.29, 1.82) is 0 Å². The molecular formula is C12H15Cl. The standard InChI is InChI=1S/C12H15Cl/c1-9-4-5-10(2)12(8-9)7-6-11(3)13/h4-8,10H,1-3H3/b11-6+,12-7-. The summed E-state index contributed by atoms with van der Waals surface area (Å²) in [5, 5.41) is 0.820. The Bertz CT molecular complexity index is 299. The first-order valence-corrected chi connectivity index (χ1v) is 4.88. The molecule has 1 aliphatic rings. The van der Waals surface area contributed by atoms with E-state index in [0.717, 1.165) is 5.03 Å². The smallest absolute Gasteiger partial charge is 0.0150 e. The predicted octanol–water partition coefficient (Wildman–Crippen LogP) is 4.21. The van der Waals surface area contributed by atoms with E-state index in [1.807, 2.05) is 13.0 Å². The summed E-state index contributed by atoms with van der Waals surface area (Å²) in [4.78, 5) is 0. The van der Waals surface area contributed by atoms with E-state index >= 15 is 0 Å². The number of hydrogen-bond donors (Lipinski definition) is 0. The van der Waals surface area contributed by atoms with Gasteiger partial charge in [-0.25, -0.2) is 0 Å². The summed E-state index contributed by atoms with van der Waals surface area (Å²) in [6, 6.07) is 0. The van der Waals surface area contributed by atoms with E-state index in [0.29, 0.717) is 5.92 Å². The topological polar surface area (TPSA) is 0 Å². The van der Waals surface area contributed by atoms with Crippen LogP contribution in [0, 0.1) is 5.92 Å². The largest absolute Gasteiger partial charge is 0.0895 e. The van der Waals surface area contributed by atoms with Crippen LogP contribution in [0.15, 0.2) is 46.6 Å². The van der Waals surface area contributed by atoms with Gasteiger partial charge in [-0.15, -0.1) is 0 Å². The van der Waals surface area contributed by atoms with Crippen molar-refractivity contribution in [2.24, 2.45) is 5.92 Å². The molecule has 0 N–H and O–H groups in total. The molecule has 1 unspecified atom stereocenters. The Morgan fingerprint density at radius 1 is 1.54 bits per heavy atom. The van der Waals surface area contributed by atoms with Gasteiger partial charge in [-0.05, 0) is 31.4 Å². The second kappa shape index (κ2) is 4.48. The molecule has 0 saturated carbocycles. The molecule has 0 saturated heterocycles. The summed E-state index contributed by atoms with van der Waals surface area (Å²) in [5.41, 5.74) is 2.62. The fourth-order valence-corrected chi connectivity index (χ4v) is 1.32. The third kappa shape index (κ3) is 3.23. The van der Waals surface area contributed by atoms with Crippen molar-refractivity contribution in [2.45, 2.75) is 20.8 Å². The van der Waals surface area contributed by atoms with E-state index in [-0.39, 0.29) is 0 Å². The Morgan fingerprint density at radius 2 is 2.23 bits per heavy atom. The highest BCUT2D eigenvalue weighted by atomic mass is 35.5. The molecule has 0 amide bonds. The third-order valence-corrected chi connectivity index (χ3v) is 2.20. The highest BCUT2D eigenvalue weighted by molar-refractivity contribution is 6.29. The minimum atomic E-state index is 0.496. The van der Waals surface area contributed by atoms with Crippen LogP contribution in [0.1, 0.15) is 20.8 Å². The zero-order valence-electron chi connectivity index (χ0n) is 8.34. The van der Waals surface area contributed by atoms with Crippen molar-refractivity contribution in [3.8, 4) is 0 Å². The zero-order valence-corrected chi connectivity index (χ0v) is 9.10. The average Bonchev–Trinajstić information content (AvgIpc) is 2.06. The maximum absolute atomic E-state index is 5.76. The quantitative estimate of drug-likeness (QED) is 0.587. The minimum Gasteiger partial charge on any atom is -0.0895 e. The van der Waals surface area contributed by atoms with Gasteiger partial charge in [-0.3, -0.25) is 0 Å². The zero-order chi connectivity index (χ0) is 9.84. The van der Waals surface area contributed by atoms with E-state index in [4.69, 9.17) is 11.6 Å². The molecule has 1 heteroatoms. The summed E-state index contributed by atoms with van der Waals surface area (Å²) in [6.07, 6.45) is 10.6. The lowest BCUT2D eigenvalue weighted by atomic mass is 9.93. The fourth-order valence-electron chi connectivity index (χ4n) is 1.26. The summed E-state index contributed by atoms with van der Waals surface area (Å²) < 4.78 is 0. The first kappa shape index (κ1) is 10.3. The van der Waals surface area contributed by atoms with Gasteiger partial charge in [0.1, 0.15) is 0 Å². The molecule has 0 heterocycles. The molecule has 0 radical (unpaired) electrons. The second-order valence-corrected chi connectivity index (χ2v) is 4.05. The highest BCUT2D eigenvalue weighted by Gasteiger charge is 2.05. The molecule has 1 rings (SSSR count). The molecule has 13 heavy (non-hydrogen) atoms. The summed E-state index contributed by atoms with van der Waals surface area (Å²) in [6.45, 7) is 6.18. The van der Waals surface area contributed by atoms with Crippen molar-refractivity contribution in [3.63, 3.8) is 0 Å². The lowest BCUT2D eigenvalue weighted by Crippen LogP contribution is -1.97. The fraction of sp³-hybridized carbons (Fsp3) is 0.333. The summed E-state index contributed by atoms with van der Waals surface area (Å²) in [7, 11) is 0. The van der Waals surface area contributed by atoms with Gasteiger partial charge in [-0.2, -0.15) is 0 Å². The maximum atomic E-state index is 5.76. The molecular weight excluding hydrogens is 180 g/mol. The van der Waals surface area contributed by atoms with Gasteiger partial charge in [0.15, 0.2) is 0 Å². The average molecular weight is 195 g/mol. The van der Waals surface area contributed by atoms with Gasteiger partial charge < -0.3 is 0 Å². The van der Waals surface area contributed by atoms with Gasteiger partial charge in [-0.1, -0.05) is 48.4 Å². The van der Waals surface area contributed by atoms with Gasteiger partial charge in [0.2, 0.25) is 0 Å². The molecule has 0 fully saturated rings. The van der Waals surface area contributed by atoms with Crippen LogP contribution in [0.4, 0.5) is 0 Å². The monoisotopic (exact) mass is 194 g/mol. The maximum Gasteiger partial charge on any atom is 0.0150 e. The van der Waals surface area contributed by atoms with Crippen LogP contribution >= 0.6 is 11.6 Å². The van der Waals surface area contributed by atoms with Crippen molar-refractivity contribution < 1.29 is 0 Å². The van der Waals surface area contributed by atoms with Crippen LogP contribution in [0.3, 0.4) is 0 Å². The van der Waals surface area contributed by atoms with Gasteiger partial charge in [0, 0.05) is 5.03 Å². The Morgan fingerprint density at radius 3 is 2.85 bits per heavy atom. The third-order valence-electron chi connectivity index (χ3n) is 2.07. The molecule has 0 aromatic rings. The van der Waals surface area contributed by atoms with Crippen LogP contribution in [0.5, 0.6) is 0 Å². The predicted molar refractivity (Wildman–Crippen MR) is 59.8 cm³/mol. The van der Waals surface area contributed by atoms with E-state index in [1.165, 1.54) is 11.1 Å². The highest BCUT2D eigenvalue weighted by Crippen LogP contribution is 2.21. The summed E-state index contributed by atoms with van der Waals surface area (Å²) >= 11 is 5.76. The van der Waals surface area contributed by atoms with Crippen LogP contribution in [-0.4, -0.2) is 0 Å². The molecule has 0 aliphatic heterocycles. The first-order valence-electron chi connectivity index (χ1n) is 4.50. The van der Waals surface area contributed by atoms with E-state index < -0.39 is 0 Å². The number of allylic oxidation sites excluding steroid dienone is 8. The molecule has 0 aromatic carbocycles. The number of hydrogen-bond acceptors (Lipinski definition) is 0. The van der Waals surface area contributed by atoms with Crippen molar-refractivity contribution in [1.82, 2.24) is 0 Å². The van der Waals surface area contributed by atoms with Gasteiger partial charge in [0.25, 0.3) is 0 Å². The van der Waals surface area contributed by atoms with Crippen LogP contribution in [-0.2, 0) is 0 Å². The number of halogens is 1. The minimum absolute atomic E-state index is 0.496. The van der Waals surface area contributed by atoms with E-state index in [9.17, 15) is 0 Å². The Balaban J connectivity index is 2.86. The van der Waals surface area contributed by atoms with E-state index in [1.54, 1.807) is 0 Å². The van der Waals surface area contributed by atoms with Crippen LogP contribution < -0.4 is 0 Å². The van der Waals surface area contributed by atoms with Crippen molar-refractivity contribution in [3.05, 3.63) is 46.6 Å². The van der Waals surface area contributed by atoms with Gasteiger partial charge in [0.05, 0.1) is 0 Å². The van der Waals surface area contributed by atoms with Crippen LogP contribution in [0.2, 0.25) is 0 Å². The molecule has 70 valence electrons. The summed E-state index contributed by atoms with van der Waals surface area (Å²) in [5.74, 6) is 0.496.